The van der Waals surface area contributed by atoms with Crippen LogP contribution in [0.3, 0.4) is 0 Å². The van der Waals surface area contributed by atoms with E-state index < -0.39 is 10.0 Å². The highest BCUT2D eigenvalue weighted by molar-refractivity contribution is 7.88. The number of sulfonamides is 1. The van der Waals surface area contributed by atoms with E-state index in [1.54, 1.807) is 0 Å². The Hall–Kier alpha value is -1.40. The van der Waals surface area contributed by atoms with E-state index in [1.165, 1.54) is 17.0 Å². The molecule has 1 aromatic carbocycles. The van der Waals surface area contributed by atoms with E-state index in [1.807, 2.05) is 30.3 Å². The van der Waals surface area contributed by atoms with Crippen molar-refractivity contribution in [2.45, 2.75) is 51.1 Å². The van der Waals surface area contributed by atoms with Gasteiger partial charge in [-0.05, 0) is 18.4 Å². The molecule has 0 bridgehead atoms. The van der Waals surface area contributed by atoms with Crippen molar-refractivity contribution in [3.63, 3.8) is 0 Å². The van der Waals surface area contributed by atoms with Gasteiger partial charge in [-0.3, -0.25) is 4.79 Å². The van der Waals surface area contributed by atoms with Gasteiger partial charge in [-0.2, -0.15) is 4.31 Å². The monoisotopic (exact) mass is 338 g/mol. The lowest BCUT2D eigenvalue weighted by Crippen LogP contribution is -2.39. The lowest BCUT2D eigenvalue weighted by Gasteiger charge is -2.24. The number of nitrogens with zero attached hydrogens (tertiary/aromatic N) is 1. The first-order valence-corrected chi connectivity index (χ1v) is 10.1. The van der Waals surface area contributed by atoms with E-state index in [0.717, 1.165) is 31.2 Å². The third-order valence-corrected chi connectivity index (χ3v) is 5.48. The fraction of sp³-hybridized carbons (Fsp3) is 0.588. The minimum absolute atomic E-state index is 0.0568. The smallest absolute Gasteiger partial charge is 0.221 e. The molecule has 1 fully saturated rings. The molecular formula is C17H26N2O3S. The lowest BCUT2D eigenvalue weighted by molar-refractivity contribution is -0.122. The van der Waals surface area contributed by atoms with Gasteiger partial charge in [-0.1, -0.05) is 49.6 Å². The summed E-state index contributed by atoms with van der Waals surface area (Å²) in [5.41, 5.74) is 0.922. The summed E-state index contributed by atoms with van der Waals surface area (Å²) in [7, 11) is -3.34. The van der Waals surface area contributed by atoms with Crippen LogP contribution in [0.4, 0.5) is 0 Å². The van der Waals surface area contributed by atoms with Crippen LogP contribution < -0.4 is 5.32 Å². The Balaban J connectivity index is 1.86. The fourth-order valence-electron chi connectivity index (χ4n) is 2.92. The SMILES string of the molecule is CS(=O)(=O)N(CCC(=O)NC1CCCCC1)Cc1ccccc1. The molecule has 0 unspecified atom stereocenters. The zero-order valence-corrected chi connectivity index (χ0v) is 14.5. The molecule has 23 heavy (non-hydrogen) atoms. The molecule has 0 saturated heterocycles. The van der Waals surface area contributed by atoms with Crippen molar-refractivity contribution in [2.75, 3.05) is 12.8 Å². The van der Waals surface area contributed by atoms with Crippen molar-refractivity contribution in [2.24, 2.45) is 0 Å². The lowest BCUT2D eigenvalue weighted by atomic mass is 9.95. The number of nitrogens with one attached hydrogen (secondary N) is 1. The van der Waals surface area contributed by atoms with Crippen LogP contribution in [0.15, 0.2) is 30.3 Å². The average molecular weight is 338 g/mol. The predicted octanol–water partition coefficient (Wildman–Crippen LogP) is 2.29. The first-order chi connectivity index (χ1) is 10.9. The van der Waals surface area contributed by atoms with E-state index in [2.05, 4.69) is 5.32 Å². The van der Waals surface area contributed by atoms with Gasteiger partial charge in [-0.15, -0.1) is 0 Å². The molecule has 0 heterocycles. The van der Waals surface area contributed by atoms with Crippen molar-refractivity contribution >= 4 is 15.9 Å². The summed E-state index contributed by atoms with van der Waals surface area (Å²) in [4.78, 5) is 12.1. The molecule has 6 heteroatoms. The molecule has 1 N–H and O–H groups in total. The number of rotatable bonds is 7. The van der Waals surface area contributed by atoms with Crippen LogP contribution in [0.2, 0.25) is 0 Å². The minimum atomic E-state index is -3.34. The molecule has 0 aliphatic heterocycles. The maximum Gasteiger partial charge on any atom is 0.221 e. The molecular weight excluding hydrogens is 312 g/mol. The molecule has 1 aliphatic carbocycles. The van der Waals surface area contributed by atoms with Gasteiger partial charge >= 0.3 is 0 Å². The molecule has 5 nitrogen and oxygen atoms in total. The highest BCUT2D eigenvalue weighted by Gasteiger charge is 2.20. The van der Waals surface area contributed by atoms with Gasteiger partial charge in [0.15, 0.2) is 0 Å². The third kappa shape index (κ3) is 6.31. The zero-order valence-electron chi connectivity index (χ0n) is 13.7. The summed E-state index contributed by atoms with van der Waals surface area (Å²) in [6.07, 6.45) is 7.02. The van der Waals surface area contributed by atoms with Gasteiger partial charge in [0.05, 0.1) is 6.26 Å². The number of carbonyl (C=O) groups excluding carboxylic acids is 1. The Morgan fingerprint density at radius 2 is 1.83 bits per heavy atom. The molecule has 1 aromatic rings. The maximum atomic E-state index is 12.1. The number of hydrogen-bond donors (Lipinski definition) is 1. The number of amides is 1. The highest BCUT2D eigenvalue weighted by Crippen LogP contribution is 2.17. The standard InChI is InChI=1S/C17H26N2O3S/c1-23(21,22)19(14-15-8-4-2-5-9-15)13-12-17(20)18-16-10-6-3-7-11-16/h2,4-5,8-9,16H,3,6-7,10-14H2,1H3,(H,18,20). The molecule has 1 saturated carbocycles. The van der Waals surface area contributed by atoms with Crippen LogP contribution in [0, 0.1) is 0 Å². The summed E-state index contributed by atoms with van der Waals surface area (Å²) in [6, 6.07) is 9.70. The molecule has 1 aliphatic rings. The second-order valence-electron chi connectivity index (χ2n) is 6.23. The molecule has 0 atom stereocenters. The first kappa shape index (κ1) is 17.9. The van der Waals surface area contributed by atoms with Crippen LogP contribution in [-0.2, 0) is 21.4 Å². The summed E-state index contributed by atoms with van der Waals surface area (Å²) >= 11 is 0. The van der Waals surface area contributed by atoms with E-state index in [4.69, 9.17) is 0 Å². The van der Waals surface area contributed by atoms with Crippen molar-refractivity contribution in [1.82, 2.24) is 9.62 Å². The van der Waals surface area contributed by atoms with Crippen LogP contribution in [0.1, 0.15) is 44.1 Å². The molecule has 2 rings (SSSR count). The molecule has 0 aromatic heterocycles. The summed E-state index contributed by atoms with van der Waals surface area (Å²) in [5, 5.41) is 3.03. The van der Waals surface area contributed by atoms with Gasteiger partial charge in [0.2, 0.25) is 15.9 Å². The molecule has 128 valence electrons. The zero-order chi connectivity index (χ0) is 16.7. The number of carbonyl (C=O) groups is 1. The Kier molecular flexibility index (Phi) is 6.59. The molecule has 0 spiro atoms. The molecule has 0 radical (unpaired) electrons. The number of benzene rings is 1. The Bertz CT molecular complexity index is 596. The van der Waals surface area contributed by atoms with Gasteiger partial charge < -0.3 is 5.32 Å². The van der Waals surface area contributed by atoms with Gasteiger partial charge in [0, 0.05) is 25.6 Å². The predicted molar refractivity (Wildman–Crippen MR) is 91.3 cm³/mol. The van der Waals surface area contributed by atoms with Crippen LogP contribution in [-0.4, -0.2) is 37.5 Å². The Morgan fingerprint density at radius 3 is 2.43 bits per heavy atom. The summed E-state index contributed by atoms with van der Waals surface area (Å²) in [6.45, 7) is 0.517. The van der Waals surface area contributed by atoms with Crippen molar-refractivity contribution in [3.8, 4) is 0 Å². The van der Waals surface area contributed by atoms with E-state index in [0.29, 0.717) is 6.54 Å². The van der Waals surface area contributed by atoms with E-state index >= 15 is 0 Å². The van der Waals surface area contributed by atoms with Gasteiger partial charge in [-0.25, -0.2) is 8.42 Å². The van der Waals surface area contributed by atoms with Crippen LogP contribution in [0.25, 0.3) is 0 Å². The number of hydrogen-bond acceptors (Lipinski definition) is 3. The topological polar surface area (TPSA) is 66.5 Å². The first-order valence-electron chi connectivity index (χ1n) is 8.23. The average Bonchev–Trinajstić information content (AvgIpc) is 2.52. The largest absolute Gasteiger partial charge is 0.353 e. The Morgan fingerprint density at radius 1 is 1.17 bits per heavy atom. The fourth-order valence-corrected chi connectivity index (χ4v) is 3.73. The third-order valence-electron chi connectivity index (χ3n) is 4.23. The van der Waals surface area contributed by atoms with Crippen molar-refractivity contribution in [1.29, 1.82) is 0 Å². The summed E-state index contributed by atoms with van der Waals surface area (Å²) < 4.78 is 25.2. The van der Waals surface area contributed by atoms with Crippen molar-refractivity contribution < 1.29 is 13.2 Å². The second-order valence-corrected chi connectivity index (χ2v) is 8.22. The minimum Gasteiger partial charge on any atom is -0.353 e. The van der Waals surface area contributed by atoms with Crippen LogP contribution in [0.5, 0.6) is 0 Å². The van der Waals surface area contributed by atoms with Gasteiger partial charge in [0.25, 0.3) is 0 Å². The normalized spacial score (nSPS) is 16.4. The highest BCUT2D eigenvalue weighted by atomic mass is 32.2. The second kappa shape index (κ2) is 8.45. The quantitative estimate of drug-likeness (QED) is 0.829. The van der Waals surface area contributed by atoms with Crippen LogP contribution >= 0.6 is 0 Å². The Labute approximate surface area is 139 Å². The summed E-state index contributed by atoms with van der Waals surface area (Å²) in [5.74, 6) is -0.0568. The van der Waals surface area contributed by atoms with E-state index in [-0.39, 0.29) is 24.9 Å². The molecule has 1 amide bonds. The van der Waals surface area contributed by atoms with E-state index in [9.17, 15) is 13.2 Å². The van der Waals surface area contributed by atoms with Gasteiger partial charge in [0.1, 0.15) is 0 Å². The van der Waals surface area contributed by atoms with Crippen molar-refractivity contribution in [3.05, 3.63) is 35.9 Å². The maximum absolute atomic E-state index is 12.1.